The van der Waals surface area contributed by atoms with E-state index in [1.54, 1.807) is 0 Å². The molecule has 2 aliphatic rings. The third-order valence-corrected chi connectivity index (χ3v) is 4.12. The van der Waals surface area contributed by atoms with Crippen molar-refractivity contribution in [3.63, 3.8) is 0 Å². The van der Waals surface area contributed by atoms with Crippen LogP contribution in [-0.4, -0.2) is 17.1 Å². The number of hydrogen-bond acceptors (Lipinski definition) is 2. The zero-order chi connectivity index (χ0) is 12.0. The number of aliphatic carboxylic acids is 1. The summed E-state index contributed by atoms with van der Waals surface area (Å²) in [6, 6.07) is 8.15. The van der Waals surface area contributed by atoms with E-state index in [1.807, 2.05) is 12.1 Å². The summed E-state index contributed by atoms with van der Waals surface area (Å²) < 4.78 is 0. The molecule has 3 nitrogen and oxygen atoms in total. The topological polar surface area (TPSA) is 63.3 Å². The molecule has 2 fully saturated rings. The maximum atomic E-state index is 11.5. The van der Waals surface area contributed by atoms with E-state index in [9.17, 15) is 9.90 Å². The fourth-order valence-corrected chi connectivity index (χ4v) is 2.88. The Kier molecular flexibility index (Phi) is 2.26. The average molecular weight is 231 g/mol. The van der Waals surface area contributed by atoms with Gasteiger partial charge in [-0.25, -0.2) is 0 Å². The molecular formula is C14H17NO2. The Labute approximate surface area is 101 Å². The lowest BCUT2D eigenvalue weighted by Gasteiger charge is -2.43. The van der Waals surface area contributed by atoms with Crippen molar-refractivity contribution in [2.24, 2.45) is 5.73 Å². The number of benzene rings is 1. The van der Waals surface area contributed by atoms with Crippen LogP contribution in [0, 0.1) is 0 Å². The standard InChI is InChI=1S/C14H17NO2/c15-12-7-14(8-12,13(16)17)11-3-1-2-10(6-11)9-4-5-9/h1-3,6,9,12H,4-5,7-8,15H2,(H,16,17). The molecule has 0 atom stereocenters. The second kappa shape index (κ2) is 3.57. The predicted molar refractivity (Wildman–Crippen MR) is 64.9 cm³/mol. The van der Waals surface area contributed by atoms with Crippen LogP contribution in [0.15, 0.2) is 24.3 Å². The summed E-state index contributed by atoms with van der Waals surface area (Å²) in [5, 5.41) is 9.44. The lowest BCUT2D eigenvalue weighted by Crippen LogP contribution is -2.54. The summed E-state index contributed by atoms with van der Waals surface area (Å²) in [5.41, 5.74) is 7.29. The van der Waals surface area contributed by atoms with Gasteiger partial charge in [-0.3, -0.25) is 4.79 Å². The third kappa shape index (κ3) is 1.65. The first-order valence-corrected chi connectivity index (χ1v) is 6.21. The summed E-state index contributed by atoms with van der Waals surface area (Å²) in [4.78, 5) is 11.5. The molecule has 17 heavy (non-hydrogen) atoms. The molecule has 3 N–H and O–H groups in total. The highest BCUT2D eigenvalue weighted by molar-refractivity contribution is 5.83. The molecule has 0 spiro atoms. The molecule has 0 heterocycles. The number of hydrogen-bond donors (Lipinski definition) is 2. The Morgan fingerprint density at radius 2 is 2.06 bits per heavy atom. The van der Waals surface area contributed by atoms with Crippen molar-refractivity contribution in [2.45, 2.75) is 43.1 Å². The number of rotatable bonds is 3. The van der Waals surface area contributed by atoms with Crippen LogP contribution in [0.2, 0.25) is 0 Å². The van der Waals surface area contributed by atoms with Gasteiger partial charge in [-0.1, -0.05) is 24.3 Å². The van der Waals surface area contributed by atoms with E-state index in [-0.39, 0.29) is 6.04 Å². The van der Waals surface area contributed by atoms with E-state index in [1.165, 1.54) is 18.4 Å². The molecule has 3 rings (SSSR count). The van der Waals surface area contributed by atoms with Gasteiger partial charge in [-0.15, -0.1) is 0 Å². The Balaban J connectivity index is 1.96. The van der Waals surface area contributed by atoms with Gasteiger partial charge in [-0.05, 0) is 42.7 Å². The minimum absolute atomic E-state index is 0.0377. The van der Waals surface area contributed by atoms with E-state index in [2.05, 4.69) is 12.1 Å². The summed E-state index contributed by atoms with van der Waals surface area (Å²) in [7, 11) is 0. The molecule has 0 saturated heterocycles. The highest BCUT2D eigenvalue weighted by Crippen LogP contribution is 2.46. The second-order valence-electron chi connectivity index (χ2n) is 5.46. The average Bonchev–Trinajstić information content (AvgIpc) is 3.08. The van der Waals surface area contributed by atoms with Gasteiger partial charge in [0.2, 0.25) is 0 Å². The van der Waals surface area contributed by atoms with Gasteiger partial charge in [0.05, 0.1) is 5.41 Å². The molecule has 90 valence electrons. The smallest absolute Gasteiger partial charge is 0.314 e. The van der Waals surface area contributed by atoms with Crippen LogP contribution < -0.4 is 5.73 Å². The molecule has 0 amide bonds. The van der Waals surface area contributed by atoms with Crippen LogP contribution in [0.25, 0.3) is 0 Å². The molecule has 1 aromatic rings. The molecule has 2 aliphatic carbocycles. The Morgan fingerprint density at radius 1 is 1.35 bits per heavy atom. The van der Waals surface area contributed by atoms with Crippen molar-refractivity contribution in [1.82, 2.24) is 0 Å². The highest BCUT2D eigenvalue weighted by Gasteiger charge is 2.50. The minimum Gasteiger partial charge on any atom is -0.481 e. The van der Waals surface area contributed by atoms with Crippen LogP contribution in [0.4, 0.5) is 0 Å². The summed E-state index contributed by atoms with van der Waals surface area (Å²) in [5.74, 6) is -0.0679. The Morgan fingerprint density at radius 3 is 2.59 bits per heavy atom. The van der Waals surface area contributed by atoms with E-state index >= 15 is 0 Å². The fraction of sp³-hybridized carbons (Fsp3) is 0.500. The fourth-order valence-electron chi connectivity index (χ4n) is 2.88. The molecule has 0 bridgehead atoms. The first-order valence-electron chi connectivity index (χ1n) is 6.21. The lowest BCUT2D eigenvalue weighted by molar-refractivity contribution is -0.148. The normalized spacial score (nSPS) is 31.9. The molecular weight excluding hydrogens is 214 g/mol. The van der Waals surface area contributed by atoms with Gasteiger partial charge < -0.3 is 10.8 Å². The zero-order valence-electron chi connectivity index (χ0n) is 9.73. The van der Waals surface area contributed by atoms with Crippen LogP contribution in [0.1, 0.15) is 42.7 Å². The Hall–Kier alpha value is -1.35. The summed E-state index contributed by atoms with van der Waals surface area (Å²) in [6.45, 7) is 0. The van der Waals surface area contributed by atoms with Crippen molar-refractivity contribution in [3.05, 3.63) is 35.4 Å². The van der Waals surface area contributed by atoms with Gasteiger partial charge in [0, 0.05) is 6.04 Å². The van der Waals surface area contributed by atoms with Gasteiger partial charge in [-0.2, -0.15) is 0 Å². The van der Waals surface area contributed by atoms with Crippen LogP contribution in [-0.2, 0) is 10.2 Å². The number of carboxylic acid groups (broad SMARTS) is 1. The summed E-state index contributed by atoms with van der Waals surface area (Å²) >= 11 is 0. The van der Waals surface area contributed by atoms with E-state index in [0.29, 0.717) is 18.8 Å². The first-order chi connectivity index (χ1) is 8.12. The van der Waals surface area contributed by atoms with Gasteiger partial charge >= 0.3 is 5.97 Å². The van der Waals surface area contributed by atoms with Gasteiger partial charge in [0.25, 0.3) is 0 Å². The molecule has 0 aromatic heterocycles. The quantitative estimate of drug-likeness (QED) is 0.836. The predicted octanol–water partition coefficient (Wildman–Crippen LogP) is 2.01. The number of carboxylic acids is 1. The molecule has 3 heteroatoms. The van der Waals surface area contributed by atoms with Crippen molar-refractivity contribution in [3.8, 4) is 0 Å². The van der Waals surface area contributed by atoms with Gasteiger partial charge in [0.15, 0.2) is 0 Å². The van der Waals surface area contributed by atoms with Gasteiger partial charge in [0.1, 0.15) is 0 Å². The third-order valence-electron chi connectivity index (χ3n) is 4.12. The first kappa shape index (κ1) is 10.8. The highest BCUT2D eigenvalue weighted by atomic mass is 16.4. The maximum absolute atomic E-state index is 11.5. The largest absolute Gasteiger partial charge is 0.481 e. The van der Waals surface area contributed by atoms with E-state index in [4.69, 9.17) is 5.73 Å². The molecule has 0 aliphatic heterocycles. The summed E-state index contributed by atoms with van der Waals surface area (Å²) in [6.07, 6.45) is 3.61. The molecule has 2 saturated carbocycles. The lowest BCUT2D eigenvalue weighted by atomic mass is 9.61. The van der Waals surface area contributed by atoms with Crippen molar-refractivity contribution in [2.75, 3.05) is 0 Å². The second-order valence-corrected chi connectivity index (χ2v) is 5.46. The number of carbonyl (C=O) groups is 1. The van der Waals surface area contributed by atoms with Crippen LogP contribution >= 0.6 is 0 Å². The Bertz CT molecular complexity index is 459. The zero-order valence-corrected chi connectivity index (χ0v) is 9.73. The van der Waals surface area contributed by atoms with Crippen molar-refractivity contribution >= 4 is 5.97 Å². The molecule has 1 aromatic carbocycles. The van der Waals surface area contributed by atoms with E-state index in [0.717, 1.165) is 5.56 Å². The van der Waals surface area contributed by atoms with Crippen LogP contribution in [0.5, 0.6) is 0 Å². The maximum Gasteiger partial charge on any atom is 0.314 e. The van der Waals surface area contributed by atoms with Crippen molar-refractivity contribution in [1.29, 1.82) is 0 Å². The minimum atomic E-state index is -0.729. The number of nitrogens with two attached hydrogens (primary N) is 1. The SMILES string of the molecule is NC1CC(C(=O)O)(c2cccc(C3CC3)c2)C1. The van der Waals surface area contributed by atoms with Crippen molar-refractivity contribution < 1.29 is 9.90 Å². The molecule has 0 unspecified atom stereocenters. The van der Waals surface area contributed by atoms with Crippen LogP contribution in [0.3, 0.4) is 0 Å². The van der Waals surface area contributed by atoms with E-state index < -0.39 is 11.4 Å². The molecule has 0 radical (unpaired) electrons. The monoisotopic (exact) mass is 231 g/mol.